The second-order valence-electron chi connectivity index (χ2n) is 25.2. The first kappa shape index (κ1) is 55.3. The molecular weight excluding hydrogens is 1140 g/mol. The van der Waals surface area contributed by atoms with E-state index in [2.05, 4.69) is 340 Å². The lowest BCUT2D eigenvalue weighted by Gasteiger charge is -2.40. The highest BCUT2D eigenvalue weighted by atomic mass is 16.5. The molecule has 2 heteroatoms. The van der Waals surface area contributed by atoms with E-state index in [4.69, 9.17) is 4.74 Å². The molecule has 1 aliphatic heterocycles. The molecule has 0 amide bonds. The normalized spacial score (nSPS) is 15.5. The Morgan fingerprint density at radius 2 is 0.809 bits per heavy atom. The summed E-state index contributed by atoms with van der Waals surface area (Å²) in [5, 5.41) is 4.52. The number of fused-ring (bicyclic) bond motifs is 26. The topological polar surface area (TPSA) is 12.5 Å². The summed E-state index contributed by atoms with van der Waals surface area (Å²) in [7, 11) is 0. The number of allylic oxidation sites excluding steroid dienone is 5. The molecule has 19 rings (SSSR count). The second kappa shape index (κ2) is 21.2. The van der Waals surface area contributed by atoms with Gasteiger partial charge in [-0.3, -0.25) is 0 Å². The second-order valence-corrected chi connectivity index (χ2v) is 25.2. The van der Waals surface area contributed by atoms with Crippen LogP contribution < -0.4 is 9.64 Å². The lowest BCUT2D eigenvalue weighted by molar-refractivity contribution is 0.447. The maximum atomic E-state index is 7.34. The van der Waals surface area contributed by atoms with Crippen molar-refractivity contribution in [3.8, 4) is 67.1 Å². The molecule has 14 aromatic carbocycles. The highest BCUT2D eigenvalue weighted by Crippen LogP contribution is 2.67. The van der Waals surface area contributed by atoms with E-state index in [0.717, 1.165) is 77.9 Å². The molecule has 0 aromatic heterocycles. The van der Waals surface area contributed by atoms with Gasteiger partial charge in [0.05, 0.1) is 21.9 Å². The number of benzene rings is 14. The first-order valence-electron chi connectivity index (χ1n) is 33.1. The maximum Gasteiger partial charge on any atom is 0.140 e. The van der Waals surface area contributed by atoms with Gasteiger partial charge in [-0.25, -0.2) is 0 Å². The van der Waals surface area contributed by atoms with Crippen LogP contribution >= 0.6 is 0 Å². The third-order valence-electron chi connectivity index (χ3n) is 21.1. The lowest BCUT2D eigenvalue weighted by atomic mass is 9.65. The Morgan fingerprint density at radius 1 is 0.362 bits per heavy atom. The van der Waals surface area contributed by atoms with Gasteiger partial charge in [0.1, 0.15) is 11.5 Å². The Balaban J connectivity index is 0.00000321. The minimum atomic E-state index is -0.673. The molecule has 5 aliphatic rings. The molecular formula is C92H65NO. The van der Waals surface area contributed by atoms with E-state index in [-0.39, 0.29) is 0 Å². The van der Waals surface area contributed by atoms with Crippen molar-refractivity contribution < 1.29 is 4.74 Å². The molecule has 1 unspecified atom stereocenters. The molecule has 0 N–H and O–H groups in total. The molecule has 4 aliphatic carbocycles. The third-order valence-corrected chi connectivity index (χ3v) is 21.1. The van der Waals surface area contributed by atoms with Crippen molar-refractivity contribution in [1.82, 2.24) is 0 Å². The van der Waals surface area contributed by atoms with Crippen LogP contribution in [0, 0.1) is 0 Å². The average molecular weight is 1200 g/mol. The molecule has 94 heavy (non-hydrogen) atoms. The monoisotopic (exact) mass is 1200 g/mol. The number of hydrogen-bond donors (Lipinski definition) is 0. The van der Waals surface area contributed by atoms with Crippen LogP contribution in [0.3, 0.4) is 0 Å². The first-order valence-corrected chi connectivity index (χ1v) is 33.1. The summed E-state index contributed by atoms with van der Waals surface area (Å²) in [6.45, 7) is 10.4. The number of ether oxygens (including phenoxy) is 1. The van der Waals surface area contributed by atoms with E-state index in [1.165, 1.54) is 94.6 Å². The molecule has 2 nitrogen and oxygen atoms in total. The number of rotatable bonds is 8. The zero-order valence-corrected chi connectivity index (χ0v) is 52.7. The van der Waals surface area contributed by atoms with E-state index in [1.807, 2.05) is 19.9 Å². The van der Waals surface area contributed by atoms with E-state index in [0.29, 0.717) is 0 Å². The van der Waals surface area contributed by atoms with Gasteiger partial charge >= 0.3 is 0 Å². The Labute approximate surface area is 550 Å². The van der Waals surface area contributed by atoms with Crippen molar-refractivity contribution in [1.29, 1.82) is 0 Å². The largest absolute Gasteiger partial charge is 0.455 e. The molecule has 2 spiro atoms. The van der Waals surface area contributed by atoms with E-state index in [1.54, 1.807) is 0 Å². The zero-order chi connectivity index (χ0) is 62.9. The van der Waals surface area contributed by atoms with Crippen LogP contribution in [0.1, 0.15) is 82.0 Å². The number of nitrogens with zero attached hydrogens (tertiary/aromatic N) is 1. The van der Waals surface area contributed by atoms with Gasteiger partial charge in [-0.1, -0.05) is 312 Å². The Morgan fingerprint density at radius 3 is 1.37 bits per heavy atom. The number of hydrogen-bond acceptors (Lipinski definition) is 2. The van der Waals surface area contributed by atoms with E-state index < -0.39 is 16.2 Å². The van der Waals surface area contributed by atoms with E-state index in [9.17, 15) is 0 Å². The van der Waals surface area contributed by atoms with Crippen LogP contribution in [0.2, 0.25) is 0 Å². The van der Waals surface area contributed by atoms with Gasteiger partial charge in [0.15, 0.2) is 0 Å². The predicted molar refractivity (Wildman–Crippen MR) is 391 cm³/mol. The molecule has 1 atom stereocenters. The minimum absolute atomic E-state index is 0.536. The fourth-order valence-corrected chi connectivity index (χ4v) is 17.6. The molecule has 0 saturated carbocycles. The maximum absolute atomic E-state index is 7.34. The Kier molecular flexibility index (Phi) is 12.5. The molecule has 1 heterocycles. The van der Waals surface area contributed by atoms with Gasteiger partial charge in [-0.05, 0) is 160 Å². The van der Waals surface area contributed by atoms with Gasteiger partial charge in [0, 0.05) is 38.8 Å². The van der Waals surface area contributed by atoms with Gasteiger partial charge in [0.2, 0.25) is 0 Å². The summed E-state index contributed by atoms with van der Waals surface area (Å²) >= 11 is 0. The Bertz CT molecular complexity index is 5400. The van der Waals surface area contributed by atoms with Gasteiger partial charge in [-0.15, -0.1) is 0 Å². The highest BCUT2D eigenvalue weighted by molar-refractivity contribution is 6.03. The van der Waals surface area contributed by atoms with Crippen LogP contribution in [0.15, 0.2) is 340 Å². The van der Waals surface area contributed by atoms with Crippen LogP contribution in [-0.4, -0.2) is 0 Å². The van der Waals surface area contributed by atoms with Crippen LogP contribution in [0.4, 0.5) is 17.1 Å². The highest BCUT2D eigenvalue weighted by Gasteiger charge is 2.54. The average Bonchev–Trinajstić information content (AvgIpc) is 1.51. The molecule has 14 aromatic rings. The molecule has 0 bridgehead atoms. The molecule has 0 fully saturated rings. The molecule has 444 valence electrons. The first-order chi connectivity index (χ1) is 46.6. The summed E-state index contributed by atoms with van der Waals surface area (Å²) < 4.78 is 7.34. The number of anilines is 3. The van der Waals surface area contributed by atoms with Crippen LogP contribution in [-0.2, 0) is 16.2 Å². The van der Waals surface area contributed by atoms with Crippen molar-refractivity contribution in [2.75, 3.05) is 4.90 Å². The third kappa shape index (κ3) is 7.31. The minimum Gasteiger partial charge on any atom is -0.455 e. The van der Waals surface area contributed by atoms with Crippen LogP contribution in [0.25, 0.3) is 77.2 Å². The fourth-order valence-electron chi connectivity index (χ4n) is 17.6. The van der Waals surface area contributed by atoms with Crippen molar-refractivity contribution in [2.45, 2.75) is 37.0 Å². The SMILES string of the molecule is C=C/C=C(\C=C/C)C1(c2ccccc2)c2ccccc2-c2c(N(c3ccc(-c4ccc5c(c4)C4(c6ccccc6-5)c5ccc6ccccc6c5Oc5c4ccc4ccccc54)cc3)c3ccc4c(c3)C3(c5ccccc5-c5ccccc53)c3ccccc3-4)cccc21.CC. The van der Waals surface area contributed by atoms with Crippen molar-refractivity contribution in [3.63, 3.8) is 0 Å². The quantitative estimate of drug-likeness (QED) is 0.141. The summed E-state index contributed by atoms with van der Waals surface area (Å²) in [5.74, 6) is 1.83. The van der Waals surface area contributed by atoms with Crippen molar-refractivity contribution in [2.24, 2.45) is 0 Å². The zero-order valence-electron chi connectivity index (χ0n) is 52.7. The van der Waals surface area contributed by atoms with Gasteiger partial charge < -0.3 is 9.64 Å². The summed E-state index contributed by atoms with van der Waals surface area (Å²) in [5.41, 5.74) is 28.6. The van der Waals surface area contributed by atoms with Gasteiger partial charge in [0.25, 0.3) is 0 Å². The summed E-state index contributed by atoms with van der Waals surface area (Å²) in [6, 6.07) is 114. The van der Waals surface area contributed by atoms with Crippen molar-refractivity contribution >= 4 is 38.6 Å². The van der Waals surface area contributed by atoms with Crippen molar-refractivity contribution in [3.05, 3.63) is 401 Å². The summed E-state index contributed by atoms with van der Waals surface area (Å²) in [4.78, 5) is 2.55. The Hall–Kier alpha value is -11.6. The predicted octanol–water partition coefficient (Wildman–Crippen LogP) is 24.0. The molecule has 0 saturated heterocycles. The fraction of sp³-hybridized carbons (Fsp3) is 0.0652. The lowest BCUT2D eigenvalue weighted by Crippen LogP contribution is -2.32. The van der Waals surface area contributed by atoms with E-state index >= 15 is 0 Å². The summed E-state index contributed by atoms with van der Waals surface area (Å²) in [6.07, 6.45) is 8.60. The van der Waals surface area contributed by atoms with Gasteiger partial charge in [-0.2, -0.15) is 0 Å². The molecule has 0 radical (unpaired) electrons. The smallest absolute Gasteiger partial charge is 0.140 e. The standard InChI is InChI=1S/C90H59NO.C2H6/c1-3-23-61(24-4-2)88(62-27-6-5-7-28-62)78-40-21-16-35-73(78)85-79(88)41-22-42-84(85)91(64-50-52-72-70-34-14-19-38-76(70)89(83(72)56-64)74-36-17-12-31-67(74)68-32-13-18-37-75(68)89)63-48-43-57(44-49-63)60-45-51-71-69-33-15-20-39-77(69)90(82(71)55-60)80-53-46-58-25-8-10-29-65(58)86(80)92-87-66-30-11-9-26-59(66)47-54-81(87)90;1-2/h3-56H,1H2,2H3;1-2H3/b24-4-,61-23+;. The van der Waals surface area contributed by atoms with Crippen LogP contribution in [0.5, 0.6) is 11.5 Å².